The lowest BCUT2D eigenvalue weighted by Gasteiger charge is -2.22. The average Bonchev–Trinajstić information content (AvgIpc) is 2.40. The van der Waals surface area contributed by atoms with Crippen LogP contribution in [0.4, 0.5) is 0 Å². The lowest BCUT2D eigenvalue weighted by molar-refractivity contribution is 0.0168. The van der Waals surface area contributed by atoms with Gasteiger partial charge in [-0.25, -0.2) is 0 Å². The Labute approximate surface area is 113 Å². The Bertz CT molecular complexity index is 378. The quantitative estimate of drug-likeness (QED) is 0.891. The molecule has 0 radical (unpaired) electrons. The molecule has 0 spiro atoms. The first-order chi connectivity index (χ1) is 8.79. The zero-order chi connectivity index (χ0) is 12.8. The number of nitrogens with one attached hydrogen (secondary N) is 1. The van der Waals surface area contributed by atoms with Crippen LogP contribution < -0.4 is 10.1 Å². The van der Waals surface area contributed by atoms with Crippen molar-refractivity contribution in [2.24, 2.45) is 0 Å². The number of hydrogen-bond donors (Lipinski definition) is 1. The van der Waals surface area contributed by atoms with E-state index in [1.165, 1.54) is 12.8 Å². The number of hydrogen-bond acceptors (Lipinski definition) is 3. The highest BCUT2D eigenvalue weighted by Gasteiger charge is 2.12. The van der Waals surface area contributed by atoms with Crippen LogP contribution in [-0.4, -0.2) is 26.4 Å². The summed E-state index contributed by atoms with van der Waals surface area (Å²) in [7, 11) is 1.62. The van der Waals surface area contributed by atoms with Crippen LogP contribution in [0.3, 0.4) is 0 Å². The molecular weight excluding hydrogens is 250 g/mol. The summed E-state index contributed by atoms with van der Waals surface area (Å²) in [6.07, 6.45) is 4.01. The summed E-state index contributed by atoms with van der Waals surface area (Å²) in [6, 6.07) is 5.87. The van der Waals surface area contributed by atoms with Crippen LogP contribution in [0.2, 0.25) is 5.02 Å². The van der Waals surface area contributed by atoms with Gasteiger partial charge in [-0.2, -0.15) is 0 Å². The van der Waals surface area contributed by atoms with Crippen molar-refractivity contribution < 1.29 is 9.47 Å². The summed E-state index contributed by atoms with van der Waals surface area (Å²) in [6.45, 7) is 2.62. The molecule has 100 valence electrons. The molecule has 0 saturated carbocycles. The first-order valence-electron chi connectivity index (χ1n) is 6.44. The second-order valence-electron chi connectivity index (χ2n) is 4.59. The molecule has 0 amide bonds. The lowest BCUT2D eigenvalue weighted by atomic mass is 10.1. The first kappa shape index (κ1) is 13.7. The predicted octanol–water partition coefficient (Wildman–Crippen LogP) is 3.01. The second-order valence-corrected chi connectivity index (χ2v) is 5.00. The largest absolute Gasteiger partial charge is 0.495 e. The van der Waals surface area contributed by atoms with Gasteiger partial charge in [0.1, 0.15) is 5.75 Å². The van der Waals surface area contributed by atoms with Gasteiger partial charge in [-0.3, -0.25) is 0 Å². The summed E-state index contributed by atoms with van der Waals surface area (Å²) in [4.78, 5) is 0. The minimum absolute atomic E-state index is 0.368. The predicted molar refractivity (Wildman–Crippen MR) is 73.3 cm³/mol. The zero-order valence-electron chi connectivity index (χ0n) is 10.7. The van der Waals surface area contributed by atoms with E-state index in [2.05, 4.69) is 5.32 Å². The Morgan fingerprint density at radius 3 is 3.00 bits per heavy atom. The SMILES string of the molecule is COc1ccc(CNCC2CCCCO2)cc1Cl. The highest BCUT2D eigenvalue weighted by Crippen LogP contribution is 2.24. The van der Waals surface area contributed by atoms with Gasteiger partial charge < -0.3 is 14.8 Å². The normalized spacial score (nSPS) is 19.8. The van der Waals surface area contributed by atoms with E-state index < -0.39 is 0 Å². The van der Waals surface area contributed by atoms with Crippen LogP contribution in [0.1, 0.15) is 24.8 Å². The molecule has 1 fully saturated rings. The molecule has 1 aromatic rings. The molecule has 1 saturated heterocycles. The summed E-state index contributed by atoms with van der Waals surface area (Å²) in [5.74, 6) is 0.719. The minimum Gasteiger partial charge on any atom is -0.495 e. The standard InChI is InChI=1S/C14H20ClNO2/c1-17-14-6-5-11(8-13(14)15)9-16-10-12-4-2-3-7-18-12/h5-6,8,12,16H,2-4,7,9-10H2,1H3. The monoisotopic (exact) mass is 269 g/mol. The van der Waals surface area contributed by atoms with Crippen molar-refractivity contribution in [2.75, 3.05) is 20.3 Å². The van der Waals surface area contributed by atoms with Crippen molar-refractivity contribution in [3.05, 3.63) is 28.8 Å². The maximum Gasteiger partial charge on any atom is 0.137 e. The molecule has 1 atom stereocenters. The second kappa shape index (κ2) is 6.98. The molecule has 0 aliphatic carbocycles. The molecule has 1 heterocycles. The maximum absolute atomic E-state index is 6.08. The molecular formula is C14H20ClNO2. The van der Waals surface area contributed by atoms with Crippen molar-refractivity contribution in [1.82, 2.24) is 5.32 Å². The molecule has 0 aromatic heterocycles. The zero-order valence-corrected chi connectivity index (χ0v) is 11.5. The van der Waals surface area contributed by atoms with E-state index in [1.54, 1.807) is 7.11 Å². The summed E-state index contributed by atoms with van der Waals surface area (Å²) in [5, 5.41) is 4.07. The third-order valence-electron chi connectivity index (χ3n) is 3.19. The molecule has 18 heavy (non-hydrogen) atoms. The third-order valence-corrected chi connectivity index (χ3v) is 3.49. The van der Waals surface area contributed by atoms with Crippen molar-refractivity contribution in [1.29, 1.82) is 0 Å². The van der Waals surface area contributed by atoms with Gasteiger partial charge in [0.05, 0.1) is 18.2 Å². The van der Waals surface area contributed by atoms with E-state index in [0.29, 0.717) is 11.1 Å². The fourth-order valence-electron chi connectivity index (χ4n) is 2.17. The summed E-state index contributed by atoms with van der Waals surface area (Å²) in [5.41, 5.74) is 1.16. The average molecular weight is 270 g/mol. The maximum atomic E-state index is 6.08. The molecule has 3 nitrogen and oxygen atoms in total. The van der Waals surface area contributed by atoms with Crippen LogP contribution in [0.5, 0.6) is 5.75 Å². The number of benzene rings is 1. The first-order valence-corrected chi connectivity index (χ1v) is 6.82. The van der Waals surface area contributed by atoms with Gasteiger partial charge in [0.15, 0.2) is 0 Å². The van der Waals surface area contributed by atoms with Crippen molar-refractivity contribution in [2.45, 2.75) is 31.9 Å². The molecule has 1 aliphatic heterocycles. The van der Waals surface area contributed by atoms with Crippen LogP contribution in [-0.2, 0) is 11.3 Å². The van der Waals surface area contributed by atoms with E-state index in [1.807, 2.05) is 18.2 Å². The Morgan fingerprint density at radius 2 is 2.33 bits per heavy atom. The topological polar surface area (TPSA) is 30.5 Å². The van der Waals surface area contributed by atoms with Crippen molar-refractivity contribution >= 4 is 11.6 Å². The summed E-state index contributed by atoms with van der Waals surface area (Å²) < 4.78 is 10.8. The number of halogens is 1. The van der Waals surface area contributed by atoms with Gasteiger partial charge >= 0.3 is 0 Å². The number of rotatable bonds is 5. The number of ether oxygens (including phenoxy) is 2. The van der Waals surface area contributed by atoms with Gasteiger partial charge in [0.2, 0.25) is 0 Å². The van der Waals surface area contributed by atoms with Gasteiger partial charge in [-0.05, 0) is 37.0 Å². The van der Waals surface area contributed by atoms with E-state index >= 15 is 0 Å². The number of methoxy groups -OCH3 is 1. The Kier molecular flexibility index (Phi) is 5.29. The van der Waals surface area contributed by atoms with Crippen LogP contribution in [0, 0.1) is 0 Å². The van der Waals surface area contributed by atoms with Gasteiger partial charge in [-0.15, -0.1) is 0 Å². The molecule has 1 aliphatic rings. The third kappa shape index (κ3) is 3.87. The van der Waals surface area contributed by atoms with E-state index in [0.717, 1.165) is 37.4 Å². The summed E-state index contributed by atoms with van der Waals surface area (Å²) >= 11 is 6.08. The van der Waals surface area contributed by atoms with E-state index in [4.69, 9.17) is 21.1 Å². The molecule has 2 rings (SSSR count). The lowest BCUT2D eigenvalue weighted by Crippen LogP contribution is -2.31. The fourth-order valence-corrected chi connectivity index (χ4v) is 2.45. The Morgan fingerprint density at radius 1 is 1.44 bits per heavy atom. The van der Waals surface area contributed by atoms with Crippen molar-refractivity contribution in [3.8, 4) is 5.75 Å². The van der Waals surface area contributed by atoms with Crippen LogP contribution >= 0.6 is 11.6 Å². The highest BCUT2D eigenvalue weighted by atomic mass is 35.5. The smallest absolute Gasteiger partial charge is 0.137 e. The molecule has 1 N–H and O–H groups in total. The van der Waals surface area contributed by atoms with E-state index in [-0.39, 0.29) is 0 Å². The van der Waals surface area contributed by atoms with Gasteiger partial charge in [-0.1, -0.05) is 17.7 Å². The van der Waals surface area contributed by atoms with Crippen LogP contribution in [0.25, 0.3) is 0 Å². The van der Waals surface area contributed by atoms with Crippen molar-refractivity contribution in [3.63, 3.8) is 0 Å². The van der Waals surface area contributed by atoms with Gasteiger partial charge in [0.25, 0.3) is 0 Å². The molecule has 4 heteroatoms. The molecule has 0 bridgehead atoms. The minimum atomic E-state index is 0.368. The Hall–Kier alpha value is -0.770. The van der Waals surface area contributed by atoms with Gasteiger partial charge in [0, 0.05) is 19.7 Å². The Balaban J connectivity index is 1.77. The molecule has 1 unspecified atom stereocenters. The highest BCUT2D eigenvalue weighted by molar-refractivity contribution is 6.32. The fraction of sp³-hybridized carbons (Fsp3) is 0.571. The molecule has 1 aromatic carbocycles. The van der Waals surface area contributed by atoms with E-state index in [9.17, 15) is 0 Å². The van der Waals surface area contributed by atoms with Crippen LogP contribution in [0.15, 0.2) is 18.2 Å².